The average Bonchev–Trinajstić information content (AvgIpc) is 2.67. The molecule has 1 N–H and O–H groups in total. The van der Waals surface area contributed by atoms with Crippen molar-refractivity contribution in [3.8, 4) is 0 Å². The number of nitrogens with one attached hydrogen (secondary N) is 1. The van der Waals surface area contributed by atoms with Crippen molar-refractivity contribution in [1.82, 2.24) is 0 Å². The maximum Gasteiger partial charge on any atom is 0.339 e. The van der Waals surface area contributed by atoms with Crippen LogP contribution in [-0.2, 0) is 11.2 Å². The molecule has 0 unspecified atom stereocenters. The molecule has 1 heterocycles. The molecule has 4 heteroatoms. The number of anilines is 1. The van der Waals surface area contributed by atoms with E-state index in [9.17, 15) is 4.79 Å². The van der Waals surface area contributed by atoms with Crippen molar-refractivity contribution in [3.05, 3.63) is 27.7 Å². The smallest absolute Gasteiger partial charge is 0.339 e. The average molecular weight is 256 g/mol. The molecular formula is C10H10BrNO2. The fraction of sp³-hybridized carbons (Fsp3) is 0.300. The SMILES string of the molecule is COC(=O)c1ccc(Br)c2c1NCC2. The van der Waals surface area contributed by atoms with E-state index in [4.69, 9.17) is 4.74 Å². The Bertz CT molecular complexity index is 390. The third kappa shape index (κ3) is 1.39. The Morgan fingerprint density at radius 2 is 2.36 bits per heavy atom. The highest BCUT2D eigenvalue weighted by Crippen LogP contribution is 2.33. The van der Waals surface area contributed by atoms with Crippen LogP contribution in [0.3, 0.4) is 0 Å². The van der Waals surface area contributed by atoms with Gasteiger partial charge in [0, 0.05) is 11.0 Å². The molecule has 0 aromatic heterocycles. The normalized spacial score (nSPS) is 13.3. The van der Waals surface area contributed by atoms with Crippen LogP contribution in [0.5, 0.6) is 0 Å². The van der Waals surface area contributed by atoms with Crippen LogP contribution in [0, 0.1) is 0 Å². The second kappa shape index (κ2) is 3.61. The highest BCUT2D eigenvalue weighted by Gasteiger charge is 2.21. The molecule has 2 rings (SSSR count). The van der Waals surface area contributed by atoms with E-state index in [1.165, 1.54) is 7.11 Å². The van der Waals surface area contributed by atoms with Crippen LogP contribution in [0.1, 0.15) is 15.9 Å². The second-order valence-corrected chi connectivity index (χ2v) is 3.97. The van der Waals surface area contributed by atoms with Gasteiger partial charge in [0.2, 0.25) is 0 Å². The number of carbonyl (C=O) groups excluding carboxylic acids is 1. The molecule has 1 aliphatic rings. The molecule has 0 saturated carbocycles. The second-order valence-electron chi connectivity index (χ2n) is 3.12. The first-order chi connectivity index (χ1) is 6.74. The summed E-state index contributed by atoms with van der Waals surface area (Å²) in [7, 11) is 1.39. The lowest BCUT2D eigenvalue weighted by Crippen LogP contribution is -2.05. The monoisotopic (exact) mass is 255 g/mol. The summed E-state index contributed by atoms with van der Waals surface area (Å²) in [4.78, 5) is 11.4. The van der Waals surface area contributed by atoms with Crippen LogP contribution in [0.4, 0.5) is 5.69 Å². The molecular weight excluding hydrogens is 246 g/mol. The van der Waals surface area contributed by atoms with E-state index in [1.54, 1.807) is 6.07 Å². The van der Waals surface area contributed by atoms with Gasteiger partial charge in [-0.3, -0.25) is 0 Å². The number of fused-ring (bicyclic) bond motifs is 1. The Labute approximate surface area is 90.6 Å². The summed E-state index contributed by atoms with van der Waals surface area (Å²) in [5.41, 5.74) is 2.68. The van der Waals surface area contributed by atoms with E-state index in [-0.39, 0.29) is 5.97 Å². The summed E-state index contributed by atoms with van der Waals surface area (Å²) < 4.78 is 5.75. The Kier molecular flexibility index (Phi) is 2.46. The molecule has 1 aromatic rings. The predicted molar refractivity (Wildman–Crippen MR) is 57.7 cm³/mol. The zero-order valence-electron chi connectivity index (χ0n) is 7.76. The summed E-state index contributed by atoms with van der Waals surface area (Å²) >= 11 is 3.46. The summed E-state index contributed by atoms with van der Waals surface area (Å²) in [6, 6.07) is 3.66. The van der Waals surface area contributed by atoms with Crippen LogP contribution in [0.15, 0.2) is 16.6 Å². The number of ether oxygens (including phenoxy) is 1. The van der Waals surface area contributed by atoms with E-state index in [0.29, 0.717) is 5.56 Å². The van der Waals surface area contributed by atoms with Gasteiger partial charge in [0.1, 0.15) is 0 Å². The molecule has 1 aromatic carbocycles. The zero-order valence-corrected chi connectivity index (χ0v) is 9.35. The lowest BCUT2D eigenvalue weighted by atomic mass is 10.1. The third-order valence-corrected chi connectivity index (χ3v) is 3.08. The standard InChI is InChI=1S/C10H10BrNO2/c1-14-10(13)7-2-3-8(11)6-4-5-12-9(6)7/h2-3,12H,4-5H2,1H3. The van der Waals surface area contributed by atoms with Crippen molar-refractivity contribution >= 4 is 27.6 Å². The first kappa shape index (κ1) is 9.52. The van der Waals surface area contributed by atoms with Crippen molar-refractivity contribution in [2.75, 3.05) is 19.0 Å². The number of rotatable bonds is 1. The van der Waals surface area contributed by atoms with Crippen LogP contribution < -0.4 is 5.32 Å². The Morgan fingerprint density at radius 3 is 3.07 bits per heavy atom. The molecule has 0 spiro atoms. The minimum absolute atomic E-state index is 0.289. The number of carbonyl (C=O) groups is 1. The topological polar surface area (TPSA) is 38.3 Å². The maximum absolute atomic E-state index is 11.4. The van der Waals surface area contributed by atoms with E-state index in [0.717, 1.165) is 28.7 Å². The minimum Gasteiger partial charge on any atom is -0.465 e. The van der Waals surface area contributed by atoms with E-state index >= 15 is 0 Å². The van der Waals surface area contributed by atoms with Crippen molar-refractivity contribution in [2.24, 2.45) is 0 Å². The highest BCUT2D eigenvalue weighted by molar-refractivity contribution is 9.10. The number of methoxy groups -OCH3 is 1. The lowest BCUT2D eigenvalue weighted by molar-refractivity contribution is 0.0602. The largest absolute Gasteiger partial charge is 0.465 e. The fourth-order valence-electron chi connectivity index (χ4n) is 1.66. The number of hydrogen-bond acceptors (Lipinski definition) is 3. The molecule has 0 aliphatic carbocycles. The summed E-state index contributed by atoms with van der Waals surface area (Å²) in [5, 5.41) is 3.19. The van der Waals surface area contributed by atoms with Gasteiger partial charge >= 0.3 is 5.97 Å². The molecule has 74 valence electrons. The Morgan fingerprint density at radius 1 is 1.57 bits per heavy atom. The van der Waals surface area contributed by atoms with E-state index in [2.05, 4.69) is 21.2 Å². The Hall–Kier alpha value is -1.03. The fourth-order valence-corrected chi connectivity index (χ4v) is 2.19. The molecule has 0 saturated heterocycles. The molecule has 0 amide bonds. The molecule has 0 atom stereocenters. The van der Waals surface area contributed by atoms with Crippen molar-refractivity contribution in [3.63, 3.8) is 0 Å². The molecule has 3 nitrogen and oxygen atoms in total. The third-order valence-electron chi connectivity index (χ3n) is 2.34. The van der Waals surface area contributed by atoms with Crippen molar-refractivity contribution in [1.29, 1.82) is 0 Å². The highest BCUT2D eigenvalue weighted by atomic mass is 79.9. The van der Waals surface area contributed by atoms with Gasteiger partial charge in [-0.2, -0.15) is 0 Å². The quantitative estimate of drug-likeness (QED) is 0.783. The van der Waals surface area contributed by atoms with E-state index < -0.39 is 0 Å². The van der Waals surface area contributed by atoms with Gasteiger partial charge in [0.15, 0.2) is 0 Å². The molecule has 0 bridgehead atoms. The minimum atomic E-state index is -0.289. The van der Waals surface area contributed by atoms with Crippen molar-refractivity contribution < 1.29 is 9.53 Å². The van der Waals surface area contributed by atoms with E-state index in [1.807, 2.05) is 6.07 Å². The van der Waals surface area contributed by atoms with Gasteiger partial charge < -0.3 is 10.1 Å². The first-order valence-electron chi connectivity index (χ1n) is 4.37. The number of esters is 1. The molecule has 0 fully saturated rings. The van der Waals surface area contributed by atoms with Crippen LogP contribution >= 0.6 is 15.9 Å². The summed E-state index contributed by atoms with van der Waals surface area (Å²) in [5.74, 6) is -0.289. The molecule has 1 aliphatic heterocycles. The van der Waals surface area contributed by atoms with Gasteiger partial charge in [0.05, 0.1) is 18.4 Å². The van der Waals surface area contributed by atoms with Gasteiger partial charge in [0.25, 0.3) is 0 Å². The Balaban J connectivity index is 2.53. The lowest BCUT2D eigenvalue weighted by Gasteiger charge is -2.07. The van der Waals surface area contributed by atoms with Gasteiger partial charge in [-0.05, 0) is 24.1 Å². The van der Waals surface area contributed by atoms with Crippen LogP contribution in [-0.4, -0.2) is 19.6 Å². The zero-order chi connectivity index (χ0) is 10.1. The maximum atomic E-state index is 11.4. The number of benzene rings is 1. The van der Waals surface area contributed by atoms with Gasteiger partial charge in [-0.25, -0.2) is 4.79 Å². The van der Waals surface area contributed by atoms with Gasteiger partial charge in [-0.1, -0.05) is 15.9 Å². The van der Waals surface area contributed by atoms with Crippen LogP contribution in [0.2, 0.25) is 0 Å². The van der Waals surface area contributed by atoms with Crippen LogP contribution in [0.25, 0.3) is 0 Å². The predicted octanol–water partition coefficient (Wildman–Crippen LogP) is 2.20. The molecule has 14 heavy (non-hydrogen) atoms. The molecule has 0 radical (unpaired) electrons. The van der Waals surface area contributed by atoms with Crippen molar-refractivity contribution in [2.45, 2.75) is 6.42 Å². The number of halogens is 1. The summed E-state index contributed by atoms with van der Waals surface area (Å²) in [6.45, 7) is 0.877. The first-order valence-corrected chi connectivity index (χ1v) is 5.17. The number of hydrogen-bond donors (Lipinski definition) is 1. The van der Waals surface area contributed by atoms with Gasteiger partial charge in [-0.15, -0.1) is 0 Å². The summed E-state index contributed by atoms with van der Waals surface area (Å²) in [6.07, 6.45) is 0.945.